The number of primary amides is 1. The third-order valence-electron chi connectivity index (χ3n) is 4.60. The summed E-state index contributed by atoms with van der Waals surface area (Å²) in [7, 11) is 0. The highest BCUT2D eigenvalue weighted by Gasteiger charge is 2.51. The Balaban J connectivity index is 1.69. The molecular weight excluding hydrogens is 301 g/mol. The number of hydrogen-bond acceptors (Lipinski definition) is 3. The number of rotatable bonds is 4. The molecule has 0 spiro atoms. The van der Waals surface area contributed by atoms with Crippen molar-refractivity contribution in [3.8, 4) is 0 Å². The molecule has 1 aromatic rings. The van der Waals surface area contributed by atoms with Crippen molar-refractivity contribution in [3.63, 3.8) is 0 Å². The van der Waals surface area contributed by atoms with Crippen molar-refractivity contribution >= 4 is 17.7 Å². The van der Waals surface area contributed by atoms with Crippen LogP contribution in [0.15, 0.2) is 24.3 Å². The zero-order chi connectivity index (χ0) is 16.6. The van der Waals surface area contributed by atoms with Gasteiger partial charge in [0.1, 0.15) is 11.9 Å². The molecule has 2 saturated heterocycles. The molecule has 0 saturated carbocycles. The predicted molar refractivity (Wildman–Crippen MR) is 79.5 cm³/mol. The molecule has 2 aliphatic heterocycles. The van der Waals surface area contributed by atoms with Crippen LogP contribution in [0.1, 0.15) is 18.4 Å². The lowest BCUT2D eigenvalue weighted by atomic mass is 9.73. The summed E-state index contributed by atoms with van der Waals surface area (Å²) in [6, 6.07) is 5.70. The van der Waals surface area contributed by atoms with Gasteiger partial charge in [-0.25, -0.2) is 4.39 Å². The average Bonchev–Trinajstić information content (AvgIpc) is 2.90. The lowest BCUT2D eigenvalue weighted by Gasteiger charge is -2.48. The van der Waals surface area contributed by atoms with Crippen LogP contribution in [-0.2, 0) is 20.8 Å². The number of carbonyl (C=O) groups excluding carboxylic acids is 3. The van der Waals surface area contributed by atoms with Gasteiger partial charge in [-0.15, -0.1) is 0 Å². The molecule has 0 aliphatic carbocycles. The number of nitrogens with one attached hydrogen (secondary N) is 1. The van der Waals surface area contributed by atoms with Crippen molar-refractivity contribution in [2.45, 2.75) is 25.3 Å². The largest absolute Gasteiger partial charge is 0.369 e. The second kappa shape index (κ2) is 5.64. The molecule has 3 N–H and O–H groups in total. The minimum absolute atomic E-state index is 0.142. The predicted octanol–water partition coefficient (Wildman–Crippen LogP) is -0.0393. The van der Waals surface area contributed by atoms with Gasteiger partial charge in [0, 0.05) is 19.5 Å². The Morgan fingerprint density at radius 3 is 2.61 bits per heavy atom. The van der Waals surface area contributed by atoms with Crippen LogP contribution in [0.25, 0.3) is 0 Å². The maximum absolute atomic E-state index is 13.8. The molecular formula is C16H18FN3O3. The number of carbonyl (C=O) groups is 3. The first-order chi connectivity index (χ1) is 10.9. The molecule has 6 nitrogen and oxygen atoms in total. The van der Waals surface area contributed by atoms with Crippen LogP contribution in [0.2, 0.25) is 0 Å². The number of nitrogens with zero attached hydrogens (tertiary/aromatic N) is 1. The van der Waals surface area contributed by atoms with E-state index in [2.05, 4.69) is 5.32 Å². The highest BCUT2D eigenvalue weighted by atomic mass is 19.1. The van der Waals surface area contributed by atoms with Gasteiger partial charge in [-0.1, -0.05) is 18.2 Å². The summed E-state index contributed by atoms with van der Waals surface area (Å²) in [6.07, 6.45) is 0.960. The Labute approximate surface area is 132 Å². The lowest BCUT2D eigenvalue weighted by molar-refractivity contribution is -0.153. The molecule has 3 amide bonds. The third-order valence-corrected chi connectivity index (χ3v) is 4.60. The van der Waals surface area contributed by atoms with Crippen LogP contribution in [0.4, 0.5) is 4.39 Å². The number of likely N-dealkylation sites (tertiary alicyclic amines) is 1. The van der Waals surface area contributed by atoms with E-state index in [9.17, 15) is 18.8 Å². The first-order valence-electron chi connectivity index (χ1n) is 7.53. The molecule has 1 atom stereocenters. The zero-order valence-corrected chi connectivity index (χ0v) is 12.5. The van der Waals surface area contributed by atoms with Gasteiger partial charge in [-0.05, 0) is 24.5 Å². The summed E-state index contributed by atoms with van der Waals surface area (Å²) in [5.74, 6) is -1.28. The molecule has 1 aromatic carbocycles. The fourth-order valence-electron chi connectivity index (χ4n) is 3.22. The van der Waals surface area contributed by atoms with Crippen molar-refractivity contribution in [3.05, 3.63) is 35.6 Å². The number of amides is 3. The van der Waals surface area contributed by atoms with E-state index in [0.717, 1.165) is 0 Å². The summed E-state index contributed by atoms with van der Waals surface area (Å²) < 4.78 is 13.8. The molecule has 23 heavy (non-hydrogen) atoms. The highest BCUT2D eigenvalue weighted by molar-refractivity contribution is 5.93. The Kier molecular flexibility index (Phi) is 3.79. The standard InChI is InChI=1S/C16H18FN3O3/c17-11-4-2-1-3-10(11)7-16(15(18)23)8-20(9-16)14(22)12-5-6-13(21)19-12/h1-4,12H,5-9H2,(H2,18,23)(H,19,21). The fourth-order valence-corrected chi connectivity index (χ4v) is 3.22. The van der Waals surface area contributed by atoms with E-state index in [4.69, 9.17) is 5.73 Å². The van der Waals surface area contributed by atoms with Crippen LogP contribution in [-0.4, -0.2) is 41.8 Å². The molecule has 7 heteroatoms. The molecule has 0 bridgehead atoms. The summed E-state index contributed by atoms with van der Waals surface area (Å²) in [5, 5.41) is 2.61. The fraction of sp³-hybridized carbons (Fsp3) is 0.438. The SMILES string of the molecule is NC(=O)C1(Cc2ccccc2F)CN(C(=O)C2CCC(=O)N2)C1. The summed E-state index contributed by atoms with van der Waals surface area (Å²) in [5.41, 5.74) is 4.97. The molecule has 2 aliphatic rings. The molecule has 3 rings (SSSR count). The van der Waals surface area contributed by atoms with E-state index in [1.165, 1.54) is 11.0 Å². The quantitative estimate of drug-likeness (QED) is 0.815. The first kappa shape index (κ1) is 15.5. The van der Waals surface area contributed by atoms with E-state index in [-0.39, 0.29) is 37.1 Å². The van der Waals surface area contributed by atoms with E-state index in [0.29, 0.717) is 18.4 Å². The molecule has 0 aromatic heterocycles. The summed E-state index contributed by atoms with van der Waals surface area (Å²) in [6.45, 7) is 0.309. The van der Waals surface area contributed by atoms with Crippen LogP contribution in [0.5, 0.6) is 0 Å². The minimum Gasteiger partial charge on any atom is -0.369 e. The number of halogens is 1. The van der Waals surface area contributed by atoms with E-state index >= 15 is 0 Å². The van der Waals surface area contributed by atoms with Gasteiger partial charge in [0.2, 0.25) is 17.7 Å². The van der Waals surface area contributed by atoms with Crippen molar-refractivity contribution in [2.24, 2.45) is 11.1 Å². The van der Waals surface area contributed by atoms with Crippen molar-refractivity contribution in [1.29, 1.82) is 0 Å². The molecule has 1 unspecified atom stereocenters. The Morgan fingerprint density at radius 2 is 2.04 bits per heavy atom. The topological polar surface area (TPSA) is 92.5 Å². The second-order valence-corrected chi connectivity index (χ2v) is 6.27. The molecule has 2 fully saturated rings. The Bertz CT molecular complexity index is 670. The van der Waals surface area contributed by atoms with Crippen molar-refractivity contribution < 1.29 is 18.8 Å². The number of nitrogens with two attached hydrogens (primary N) is 1. The number of benzene rings is 1. The lowest BCUT2D eigenvalue weighted by Crippen LogP contribution is -2.67. The van der Waals surface area contributed by atoms with Gasteiger partial charge in [0.25, 0.3) is 0 Å². The maximum Gasteiger partial charge on any atom is 0.245 e. The maximum atomic E-state index is 13.8. The molecule has 122 valence electrons. The second-order valence-electron chi connectivity index (χ2n) is 6.27. The van der Waals surface area contributed by atoms with E-state index in [1.54, 1.807) is 18.2 Å². The monoisotopic (exact) mass is 319 g/mol. The summed E-state index contributed by atoms with van der Waals surface area (Å²) in [4.78, 5) is 36.8. The zero-order valence-electron chi connectivity index (χ0n) is 12.5. The average molecular weight is 319 g/mol. The van der Waals surface area contributed by atoms with Gasteiger partial charge in [0.15, 0.2) is 0 Å². The van der Waals surface area contributed by atoms with E-state index < -0.39 is 17.4 Å². The van der Waals surface area contributed by atoms with Crippen molar-refractivity contribution in [2.75, 3.05) is 13.1 Å². The minimum atomic E-state index is -0.944. The van der Waals surface area contributed by atoms with Gasteiger partial charge in [-0.3, -0.25) is 14.4 Å². The van der Waals surface area contributed by atoms with Crippen LogP contribution >= 0.6 is 0 Å². The van der Waals surface area contributed by atoms with Crippen molar-refractivity contribution in [1.82, 2.24) is 10.2 Å². The van der Waals surface area contributed by atoms with Gasteiger partial charge in [-0.2, -0.15) is 0 Å². The summed E-state index contributed by atoms with van der Waals surface area (Å²) >= 11 is 0. The van der Waals surface area contributed by atoms with E-state index in [1.807, 2.05) is 0 Å². The third kappa shape index (κ3) is 2.78. The van der Waals surface area contributed by atoms with Crippen LogP contribution < -0.4 is 11.1 Å². The first-order valence-corrected chi connectivity index (χ1v) is 7.53. The Hall–Kier alpha value is -2.44. The normalized spacial score (nSPS) is 22.4. The van der Waals surface area contributed by atoms with Crippen LogP contribution in [0.3, 0.4) is 0 Å². The van der Waals surface area contributed by atoms with Gasteiger partial charge >= 0.3 is 0 Å². The molecule has 2 heterocycles. The van der Waals surface area contributed by atoms with Gasteiger partial charge in [0.05, 0.1) is 5.41 Å². The highest BCUT2D eigenvalue weighted by Crippen LogP contribution is 2.35. The smallest absolute Gasteiger partial charge is 0.245 e. The van der Waals surface area contributed by atoms with Gasteiger partial charge < -0.3 is 16.0 Å². The Morgan fingerprint density at radius 1 is 1.35 bits per heavy atom. The number of hydrogen-bond donors (Lipinski definition) is 2. The molecule has 0 radical (unpaired) electrons. The van der Waals surface area contributed by atoms with Crippen LogP contribution in [0, 0.1) is 11.2 Å².